The summed E-state index contributed by atoms with van der Waals surface area (Å²) in [6.07, 6.45) is 0. The molecule has 0 spiro atoms. The Balaban J connectivity index is 2.00. The summed E-state index contributed by atoms with van der Waals surface area (Å²) in [6.45, 7) is 2.22. The fourth-order valence-electron chi connectivity index (χ4n) is 2.90. The van der Waals surface area contributed by atoms with Crippen LogP contribution in [-0.4, -0.2) is 24.4 Å². The minimum absolute atomic E-state index is 0.103. The molecular weight excluding hydrogens is 346 g/mol. The Morgan fingerprint density at radius 3 is 2.62 bits per heavy atom. The number of rotatable bonds is 4. The number of thioether (sulfide) groups is 1. The molecule has 0 aliphatic heterocycles. The Kier molecular flexibility index (Phi) is 4.19. The summed E-state index contributed by atoms with van der Waals surface area (Å²) >= 11 is 1.33. The maximum Gasteiger partial charge on any atom is 0.263 e. The first-order valence-electron chi connectivity index (χ1n) is 8.16. The molecule has 0 fully saturated rings. The second kappa shape index (κ2) is 6.65. The van der Waals surface area contributed by atoms with Gasteiger partial charge in [-0.05, 0) is 24.6 Å². The van der Waals surface area contributed by atoms with Crippen molar-refractivity contribution in [3.8, 4) is 6.07 Å². The largest absolute Gasteiger partial charge is 0.272 e. The standard InChI is InChI=1S/C19H15N5OS/c1-13(11-20)26-19-22-21-18-23(12-14-7-3-2-4-8-14)17(25)15-9-5-6-10-16(15)24(18)19/h2-10,13H,12H2,1H3. The molecule has 0 saturated heterocycles. The number of nitrogens with zero attached hydrogens (tertiary/aromatic N) is 5. The van der Waals surface area contributed by atoms with Crippen LogP contribution in [0.2, 0.25) is 0 Å². The molecule has 2 aromatic heterocycles. The van der Waals surface area contributed by atoms with E-state index in [1.807, 2.05) is 59.9 Å². The van der Waals surface area contributed by atoms with E-state index < -0.39 is 0 Å². The van der Waals surface area contributed by atoms with Gasteiger partial charge in [0, 0.05) is 0 Å². The zero-order chi connectivity index (χ0) is 18.1. The van der Waals surface area contributed by atoms with E-state index in [1.165, 1.54) is 11.8 Å². The minimum atomic E-state index is -0.268. The van der Waals surface area contributed by atoms with E-state index >= 15 is 0 Å². The van der Waals surface area contributed by atoms with E-state index in [1.54, 1.807) is 10.6 Å². The topological polar surface area (TPSA) is 76.0 Å². The fourth-order valence-corrected chi connectivity index (χ4v) is 3.65. The van der Waals surface area contributed by atoms with Crippen LogP contribution in [0.1, 0.15) is 12.5 Å². The van der Waals surface area contributed by atoms with Gasteiger partial charge in [0.15, 0.2) is 5.16 Å². The number of hydrogen-bond acceptors (Lipinski definition) is 5. The lowest BCUT2D eigenvalue weighted by molar-refractivity contribution is 0.764. The number of nitriles is 1. The van der Waals surface area contributed by atoms with Gasteiger partial charge in [0.1, 0.15) is 0 Å². The van der Waals surface area contributed by atoms with E-state index in [0.29, 0.717) is 22.9 Å². The summed E-state index contributed by atoms with van der Waals surface area (Å²) in [6, 6.07) is 19.4. The average molecular weight is 361 g/mol. The smallest absolute Gasteiger partial charge is 0.263 e. The van der Waals surface area contributed by atoms with Crippen molar-refractivity contribution < 1.29 is 0 Å². The third kappa shape index (κ3) is 2.74. The first-order valence-corrected chi connectivity index (χ1v) is 9.04. The van der Waals surface area contributed by atoms with Crippen LogP contribution in [0.15, 0.2) is 64.5 Å². The van der Waals surface area contributed by atoms with E-state index in [9.17, 15) is 4.79 Å². The van der Waals surface area contributed by atoms with Crippen molar-refractivity contribution in [3.63, 3.8) is 0 Å². The lowest BCUT2D eigenvalue weighted by Crippen LogP contribution is -2.24. The van der Waals surface area contributed by atoms with E-state index in [0.717, 1.165) is 11.1 Å². The van der Waals surface area contributed by atoms with Gasteiger partial charge in [0.05, 0.1) is 28.8 Å². The highest BCUT2D eigenvalue weighted by Gasteiger charge is 2.18. The molecule has 1 atom stereocenters. The lowest BCUT2D eigenvalue weighted by atomic mass is 10.2. The van der Waals surface area contributed by atoms with Gasteiger partial charge in [-0.25, -0.2) is 0 Å². The highest BCUT2D eigenvalue weighted by atomic mass is 32.2. The number of hydrogen-bond donors (Lipinski definition) is 0. The van der Waals surface area contributed by atoms with Crippen LogP contribution >= 0.6 is 11.8 Å². The molecule has 26 heavy (non-hydrogen) atoms. The van der Waals surface area contributed by atoms with Gasteiger partial charge in [-0.1, -0.05) is 54.2 Å². The van der Waals surface area contributed by atoms with Crippen molar-refractivity contribution in [3.05, 3.63) is 70.5 Å². The Bertz CT molecular complexity index is 1190. The van der Waals surface area contributed by atoms with Gasteiger partial charge in [-0.15, -0.1) is 10.2 Å². The number of para-hydroxylation sites is 1. The highest BCUT2D eigenvalue weighted by molar-refractivity contribution is 8.00. The third-order valence-corrected chi connectivity index (χ3v) is 5.06. The molecule has 128 valence electrons. The molecule has 7 heteroatoms. The molecule has 2 heterocycles. The predicted octanol–water partition coefficient (Wildman–Crippen LogP) is 3.10. The van der Waals surface area contributed by atoms with Gasteiger partial charge < -0.3 is 0 Å². The normalized spacial score (nSPS) is 12.3. The SMILES string of the molecule is CC(C#N)Sc1nnc2n(Cc3ccccc3)c(=O)c3ccccc3n12. The van der Waals surface area contributed by atoms with E-state index in [2.05, 4.69) is 16.3 Å². The summed E-state index contributed by atoms with van der Waals surface area (Å²) in [4.78, 5) is 13.1. The Morgan fingerprint density at radius 2 is 1.85 bits per heavy atom. The lowest BCUT2D eigenvalue weighted by Gasteiger charge is -2.11. The summed E-state index contributed by atoms with van der Waals surface area (Å²) in [5, 5.41) is 18.6. The first-order chi connectivity index (χ1) is 12.7. The molecule has 2 aromatic carbocycles. The molecule has 0 N–H and O–H groups in total. The summed E-state index contributed by atoms with van der Waals surface area (Å²) in [5.74, 6) is 0.477. The second-order valence-electron chi connectivity index (χ2n) is 5.90. The molecule has 0 aliphatic rings. The molecule has 0 amide bonds. The molecule has 1 unspecified atom stereocenters. The van der Waals surface area contributed by atoms with Gasteiger partial charge in [0.25, 0.3) is 5.56 Å². The van der Waals surface area contributed by atoms with E-state index in [4.69, 9.17) is 5.26 Å². The molecule has 0 radical (unpaired) electrons. The van der Waals surface area contributed by atoms with E-state index in [-0.39, 0.29) is 10.8 Å². The fraction of sp³-hybridized carbons (Fsp3) is 0.158. The van der Waals surface area contributed by atoms with Crippen LogP contribution in [0, 0.1) is 11.3 Å². The average Bonchev–Trinajstić information content (AvgIpc) is 3.09. The molecule has 0 bridgehead atoms. The number of aromatic nitrogens is 4. The van der Waals surface area contributed by atoms with Crippen molar-refractivity contribution in [2.75, 3.05) is 0 Å². The van der Waals surface area contributed by atoms with Crippen LogP contribution in [0.25, 0.3) is 16.7 Å². The van der Waals surface area contributed by atoms with Crippen molar-refractivity contribution in [2.24, 2.45) is 0 Å². The number of fused-ring (bicyclic) bond motifs is 3. The monoisotopic (exact) mass is 361 g/mol. The molecule has 4 aromatic rings. The number of benzene rings is 2. The van der Waals surface area contributed by atoms with Crippen molar-refractivity contribution in [1.29, 1.82) is 5.26 Å². The summed E-state index contributed by atoms with van der Waals surface area (Å²) in [5.41, 5.74) is 1.65. The third-order valence-electron chi connectivity index (χ3n) is 4.13. The maximum atomic E-state index is 13.1. The minimum Gasteiger partial charge on any atom is -0.272 e. The van der Waals surface area contributed by atoms with Crippen LogP contribution in [0.5, 0.6) is 0 Å². The molecule has 0 aliphatic carbocycles. The van der Waals surface area contributed by atoms with Crippen molar-refractivity contribution >= 4 is 28.4 Å². The predicted molar refractivity (Wildman–Crippen MR) is 101 cm³/mol. The summed E-state index contributed by atoms with van der Waals surface area (Å²) < 4.78 is 3.49. The summed E-state index contributed by atoms with van der Waals surface area (Å²) in [7, 11) is 0. The molecule has 0 saturated carbocycles. The van der Waals surface area contributed by atoms with Crippen LogP contribution in [0.3, 0.4) is 0 Å². The van der Waals surface area contributed by atoms with Crippen molar-refractivity contribution in [1.82, 2.24) is 19.2 Å². The van der Waals surface area contributed by atoms with Gasteiger partial charge in [0.2, 0.25) is 5.78 Å². The van der Waals surface area contributed by atoms with Gasteiger partial charge in [-0.2, -0.15) is 5.26 Å². The second-order valence-corrected chi connectivity index (χ2v) is 7.21. The van der Waals surface area contributed by atoms with Gasteiger partial charge in [-0.3, -0.25) is 13.8 Å². The zero-order valence-corrected chi connectivity index (χ0v) is 14.8. The first kappa shape index (κ1) is 16.4. The maximum absolute atomic E-state index is 13.1. The van der Waals surface area contributed by atoms with Crippen LogP contribution < -0.4 is 5.56 Å². The van der Waals surface area contributed by atoms with Crippen LogP contribution in [-0.2, 0) is 6.54 Å². The molecule has 4 rings (SSSR count). The van der Waals surface area contributed by atoms with Crippen LogP contribution in [0.4, 0.5) is 0 Å². The Morgan fingerprint density at radius 1 is 1.12 bits per heavy atom. The quantitative estimate of drug-likeness (QED) is 0.522. The van der Waals surface area contributed by atoms with Gasteiger partial charge >= 0.3 is 0 Å². The van der Waals surface area contributed by atoms with Crippen molar-refractivity contribution in [2.45, 2.75) is 23.9 Å². The molecule has 6 nitrogen and oxygen atoms in total. The Hall–Kier alpha value is -3.11. The Labute approximate surface area is 153 Å². The zero-order valence-electron chi connectivity index (χ0n) is 14.0. The highest BCUT2D eigenvalue weighted by Crippen LogP contribution is 2.24. The molecular formula is C19H15N5OS.